The van der Waals surface area contributed by atoms with Crippen LogP contribution in [0, 0.1) is 50.7 Å². The van der Waals surface area contributed by atoms with Crippen LogP contribution in [0.4, 0.5) is 0 Å². The van der Waals surface area contributed by atoms with Gasteiger partial charge in [0.15, 0.2) is 5.78 Å². The Hall–Kier alpha value is -1.45. The second kappa shape index (κ2) is 8.29. The second-order valence-electron chi connectivity index (χ2n) is 16.4. The van der Waals surface area contributed by atoms with E-state index in [9.17, 15) is 14.4 Å². The summed E-state index contributed by atoms with van der Waals surface area (Å²) in [5, 5.41) is 0. The van der Waals surface area contributed by atoms with Crippen molar-refractivity contribution in [2.45, 2.75) is 133 Å². The van der Waals surface area contributed by atoms with E-state index in [1.54, 1.807) is 0 Å². The van der Waals surface area contributed by atoms with Gasteiger partial charge < -0.3 is 4.74 Å². The Labute approximate surface area is 231 Å². The largest absolute Gasteiger partial charge is 0.459 e. The summed E-state index contributed by atoms with van der Waals surface area (Å²) >= 11 is 0. The molecular formula is C34H52O4. The number of carbonyl (C=O) groups is 3. The van der Waals surface area contributed by atoms with Crippen LogP contribution in [0.25, 0.3) is 0 Å². The van der Waals surface area contributed by atoms with Gasteiger partial charge in [0.1, 0.15) is 11.4 Å². The van der Waals surface area contributed by atoms with Gasteiger partial charge in [-0.2, -0.15) is 0 Å². The van der Waals surface area contributed by atoms with Crippen LogP contribution in [0.15, 0.2) is 11.1 Å². The molecule has 4 heteroatoms. The van der Waals surface area contributed by atoms with Gasteiger partial charge in [-0.3, -0.25) is 14.4 Å². The molecule has 0 aromatic carbocycles. The van der Waals surface area contributed by atoms with Crippen LogP contribution in [-0.4, -0.2) is 23.1 Å². The zero-order valence-electron chi connectivity index (χ0n) is 25.8. The number of hydrogen-bond donors (Lipinski definition) is 0. The first-order valence-corrected chi connectivity index (χ1v) is 15.4. The van der Waals surface area contributed by atoms with Gasteiger partial charge in [-0.1, -0.05) is 48.5 Å². The molecule has 4 saturated carbocycles. The highest BCUT2D eigenvalue weighted by Crippen LogP contribution is 2.76. The third-order valence-corrected chi connectivity index (χ3v) is 13.0. The van der Waals surface area contributed by atoms with E-state index >= 15 is 0 Å². The molecule has 4 fully saturated rings. The minimum absolute atomic E-state index is 0.0150. The fourth-order valence-corrected chi connectivity index (χ4v) is 11.0. The number of hydrogen-bond acceptors (Lipinski definition) is 4. The van der Waals surface area contributed by atoms with Crippen molar-refractivity contribution >= 4 is 17.5 Å². The molecule has 0 aliphatic heterocycles. The van der Waals surface area contributed by atoms with Crippen LogP contribution in [0.1, 0.15) is 127 Å². The lowest BCUT2D eigenvalue weighted by Gasteiger charge is -2.71. The van der Waals surface area contributed by atoms with Gasteiger partial charge in [-0.15, -0.1) is 0 Å². The van der Waals surface area contributed by atoms with Crippen LogP contribution < -0.4 is 0 Å². The van der Waals surface area contributed by atoms with Gasteiger partial charge in [0, 0.05) is 18.3 Å². The molecule has 0 radical (unpaired) electrons. The van der Waals surface area contributed by atoms with Crippen molar-refractivity contribution in [3.8, 4) is 0 Å². The summed E-state index contributed by atoms with van der Waals surface area (Å²) in [6.45, 7) is 22.0. The molecule has 7 atom stereocenters. The van der Waals surface area contributed by atoms with Gasteiger partial charge in [0.25, 0.3) is 0 Å². The summed E-state index contributed by atoms with van der Waals surface area (Å²) in [5.74, 6) is 1.75. The Bertz CT molecular complexity index is 1100. The number of carbonyl (C=O) groups excluding carboxylic acids is 3. The molecular weight excluding hydrogens is 472 g/mol. The zero-order chi connectivity index (χ0) is 28.3. The number of fused-ring (bicyclic) bond motifs is 7. The first kappa shape index (κ1) is 28.1. The maximum atomic E-state index is 14.0. The van der Waals surface area contributed by atoms with Crippen molar-refractivity contribution in [2.24, 2.45) is 50.7 Å². The SMILES string of the molecule is CC(C)C1=C2[C@H]3CC[C@@H]4[C@@]5(C)CCC(=O)C(C)(C)[C@@H]5CC[C@@]4(C)[C@]3(C)CC[C@@]2(C(=O)OC(C)(C)C)CC1=O. The van der Waals surface area contributed by atoms with E-state index in [4.69, 9.17) is 4.74 Å². The monoisotopic (exact) mass is 524 g/mol. The first-order chi connectivity index (χ1) is 17.4. The molecule has 212 valence electrons. The smallest absolute Gasteiger partial charge is 0.317 e. The van der Waals surface area contributed by atoms with Gasteiger partial charge in [0.2, 0.25) is 0 Å². The molecule has 5 rings (SSSR count). The average Bonchev–Trinajstić information content (AvgIpc) is 3.09. The molecule has 5 aliphatic rings. The Morgan fingerprint density at radius 2 is 1.53 bits per heavy atom. The molecule has 0 saturated heterocycles. The number of ketones is 2. The van der Waals surface area contributed by atoms with E-state index in [0.29, 0.717) is 30.5 Å². The Morgan fingerprint density at radius 3 is 2.13 bits per heavy atom. The molecule has 0 amide bonds. The van der Waals surface area contributed by atoms with E-state index in [1.807, 2.05) is 20.8 Å². The lowest BCUT2D eigenvalue weighted by molar-refractivity contribution is -0.213. The van der Waals surface area contributed by atoms with Crippen LogP contribution in [0.3, 0.4) is 0 Å². The van der Waals surface area contributed by atoms with E-state index in [2.05, 4.69) is 48.5 Å². The van der Waals surface area contributed by atoms with E-state index in [0.717, 1.165) is 49.7 Å². The summed E-state index contributed by atoms with van der Waals surface area (Å²) in [6.07, 6.45) is 8.00. The van der Waals surface area contributed by atoms with Gasteiger partial charge >= 0.3 is 5.97 Å². The van der Waals surface area contributed by atoms with E-state index < -0.39 is 11.0 Å². The standard InChI is InChI=1S/C34H52O4/c1-20(2)26-22(35)19-34(28(37)38-29(3,4)5)18-17-32(9)21(27(26)34)11-12-24-31(8)15-14-25(36)30(6,7)23(31)13-16-33(24,32)10/h20-21,23-24H,11-19H2,1-10H3/t21-,23+,24-,31+,32-,33-,34-/m1/s1. The highest BCUT2D eigenvalue weighted by molar-refractivity contribution is 6.06. The molecule has 0 N–H and O–H groups in total. The third-order valence-electron chi connectivity index (χ3n) is 13.0. The Kier molecular flexibility index (Phi) is 6.13. The molecule has 0 heterocycles. The molecule has 4 nitrogen and oxygen atoms in total. The topological polar surface area (TPSA) is 60.4 Å². The van der Waals surface area contributed by atoms with Gasteiger partial charge in [-0.05, 0) is 117 Å². The van der Waals surface area contributed by atoms with Crippen LogP contribution in [0.2, 0.25) is 0 Å². The van der Waals surface area contributed by atoms with Crippen LogP contribution in [0.5, 0.6) is 0 Å². The first-order valence-electron chi connectivity index (χ1n) is 15.4. The van der Waals surface area contributed by atoms with Crippen molar-refractivity contribution in [3.63, 3.8) is 0 Å². The van der Waals surface area contributed by atoms with Gasteiger partial charge in [-0.25, -0.2) is 0 Å². The lowest BCUT2D eigenvalue weighted by Crippen LogP contribution is -2.65. The minimum Gasteiger partial charge on any atom is -0.459 e. The number of rotatable bonds is 2. The molecule has 5 aliphatic carbocycles. The normalized spacial score (nSPS) is 44.3. The molecule has 38 heavy (non-hydrogen) atoms. The molecule has 0 unspecified atom stereocenters. The van der Waals surface area contributed by atoms with Crippen molar-refractivity contribution in [1.29, 1.82) is 0 Å². The van der Waals surface area contributed by atoms with Crippen molar-refractivity contribution in [3.05, 3.63) is 11.1 Å². The molecule has 0 aromatic heterocycles. The lowest BCUT2D eigenvalue weighted by atomic mass is 9.33. The summed E-state index contributed by atoms with van der Waals surface area (Å²) < 4.78 is 6.07. The van der Waals surface area contributed by atoms with Crippen molar-refractivity contribution < 1.29 is 19.1 Å². The Morgan fingerprint density at radius 1 is 0.868 bits per heavy atom. The fourth-order valence-electron chi connectivity index (χ4n) is 11.0. The second-order valence-corrected chi connectivity index (χ2v) is 16.4. The van der Waals surface area contributed by atoms with E-state index in [1.165, 1.54) is 0 Å². The molecule has 0 aromatic rings. The molecule has 0 spiro atoms. The van der Waals surface area contributed by atoms with Gasteiger partial charge in [0.05, 0.1) is 5.41 Å². The van der Waals surface area contributed by atoms with E-state index in [-0.39, 0.29) is 51.7 Å². The summed E-state index contributed by atoms with van der Waals surface area (Å²) in [6, 6.07) is 0. The predicted molar refractivity (Wildman–Crippen MR) is 150 cm³/mol. The fraction of sp³-hybridized carbons (Fsp3) is 0.853. The van der Waals surface area contributed by atoms with Crippen LogP contribution in [-0.2, 0) is 19.1 Å². The number of ether oxygens (including phenoxy) is 1. The van der Waals surface area contributed by atoms with Crippen LogP contribution >= 0.6 is 0 Å². The average molecular weight is 525 g/mol. The maximum absolute atomic E-state index is 14.0. The zero-order valence-corrected chi connectivity index (χ0v) is 25.8. The quantitative estimate of drug-likeness (QED) is 0.345. The highest BCUT2D eigenvalue weighted by atomic mass is 16.6. The number of Topliss-reactive ketones (excluding diaryl/α,β-unsaturated/α-hetero) is 2. The minimum atomic E-state index is -0.794. The third kappa shape index (κ3) is 3.49. The van der Waals surface area contributed by atoms with Crippen molar-refractivity contribution in [2.75, 3.05) is 0 Å². The van der Waals surface area contributed by atoms with Crippen molar-refractivity contribution in [1.82, 2.24) is 0 Å². The summed E-state index contributed by atoms with van der Waals surface area (Å²) in [4.78, 5) is 40.6. The number of allylic oxidation sites excluding steroid dienone is 1. The summed E-state index contributed by atoms with van der Waals surface area (Å²) in [7, 11) is 0. The molecule has 0 bridgehead atoms. The summed E-state index contributed by atoms with van der Waals surface area (Å²) in [5.41, 5.74) is 0.736. The highest BCUT2D eigenvalue weighted by Gasteiger charge is 2.71. The maximum Gasteiger partial charge on any atom is 0.317 e. The number of esters is 1. The predicted octanol–water partition coefficient (Wildman–Crippen LogP) is 7.88. The Balaban J connectivity index is 1.61.